The van der Waals surface area contributed by atoms with Gasteiger partial charge in [0.25, 0.3) is 5.91 Å². The minimum Gasteiger partial charge on any atom is -0.342 e. The summed E-state index contributed by atoms with van der Waals surface area (Å²) in [5, 5.41) is 0.680. The van der Waals surface area contributed by atoms with Crippen LogP contribution in [0, 0.1) is 11.3 Å². The van der Waals surface area contributed by atoms with Gasteiger partial charge in [-0.15, -0.1) is 0 Å². The number of rotatable bonds is 5. The number of amides is 3. The van der Waals surface area contributed by atoms with E-state index in [1.54, 1.807) is 23.1 Å². The van der Waals surface area contributed by atoms with Crippen molar-refractivity contribution in [3.63, 3.8) is 0 Å². The number of piperidine rings is 1. The number of carbonyl (C=O) groups excluding carboxylic acids is 3. The summed E-state index contributed by atoms with van der Waals surface area (Å²) in [6, 6.07) is 6.13. The van der Waals surface area contributed by atoms with Crippen molar-refractivity contribution < 1.29 is 27.6 Å². The normalized spacial score (nSPS) is 22.5. The van der Waals surface area contributed by atoms with Gasteiger partial charge in [-0.3, -0.25) is 19.4 Å². The molecule has 3 aliphatic rings. The maximum absolute atomic E-state index is 13.7. The van der Waals surface area contributed by atoms with Crippen molar-refractivity contribution in [3.05, 3.63) is 63.4 Å². The van der Waals surface area contributed by atoms with E-state index in [-0.39, 0.29) is 41.3 Å². The van der Waals surface area contributed by atoms with Gasteiger partial charge in [0.1, 0.15) is 5.69 Å². The number of aromatic nitrogens is 1. The van der Waals surface area contributed by atoms with Crippen LogP contribution < -0.4 is 0 Å². The van der Waals surface area contributed by atoms with E-state index < -0.39 is 23.7 Å². The number of hydrogen-bond acceptors (Lipinski definition) is 4. The van der Waals surface area contributed by atoms with Crippen LogP contribution >= 0.6 is 23.2 Å². The molecule has 2 aliphatic heterocycles. The van der Waals surface area contributed by atoms with E-state index in [0.717, 1.165) is 36.7 Å². The predicted octanol–water partition coefficient (Wildman–Crippen LogP) is 5.51. The SMILES string of the molecule is CN(C(=O)c1cc(C(F)(F)F)ccn1)C1CN(C(=O)C2CCN(C(=O)C3(C)CC3)CC2)C[C@@H]1c1ccc(Cl)c(Cl)c1. The zero-order valence-electron chi connectivity index (χ0n) is 22.8. The number of carbonyl (C=O) groups is 3. The number of hydrogen-bond donors (Lipinski definition) is 0. The largest absolute Gasteiger partial charge is 0.416 e. The predicted molar refractivity (Wildman–Crippen MR) is 148 cm³/mol. The van der Waals surface area contributed by atoms with Gasteiger partial charge in [0, 0.05) is 56.7 Å². The average molecular weight is 611 g/mol. The molecule has 0 spiro atoms. The number of halogens is 5. The van der Waals surface area contributed by atoms with Crippen molar-refractivity contribution in [2.45, 2.75) is 50.7 Å². The molecule has 3 heterocycles. The Morgan fingerprint density at radius 3 is 2.29 bits per heavy atom. The van der Waals surface area contributed by atoms with Gasteiger partial charge in [-0.25, -0.2) is 0 Å². The number of likely N-dealkylation sites (N-methyl/N-ethyl adjacent to an activating group) is 1. The zero-order valence-corrected chi connectivity index (χ0v) is 24.3. The molecule has 0 bridgehead atoms. The fourth-order valence-electron chi connectivity index (χ4n) is 5.86. The standard InChI is InChI=1S/C29H31Cl2F3N4O3/c1-28(8-9-28)27(41)37-11-6-17(7-12-37)25(39)38-15-20(18-3-4-21(30)22(31)13-18)24(16-38)36(2)26(40)23-14-19(5-10-35-23)29(32,33)34/h3-5,10,13-14,17,20,24H,6-9,11-12,15-16H2,1-2H3/t20-,24?/m1/s1. The molecule has 1 aliphatic carbocycles. The van der Waals surface area contributed by atoms with Crippen LogP contribution in [0.15, 0.2) is 36.5 Å². The van der Waals surface area contributed by atoms with Crippen molar-refractivity contribution in [2.24, 2.45) is 11.3 Å². The highest BCUT2D eigenvalue weighted by atomic mass is 35.5. The molecule has 220 valence electrons. The molecule has 3 fully saturated rings. The highest BCUT2D eigenvalue weighted by Gasteiger charge is 2.48. The number of likely N-dealkylation sites (tertiary alicyclic amines) is 2. The third-order valence-corrected chi connectivity index (χ3v) is 9.48. The van der Waals surface area contributed by atoms with Crippen LogP contribution in [0.3, 0.4) is 0 Å². The number of benzene rings is 1. The molecule has 2 aromatic rings. The van der Waals surface area contributed by atoms with E-state index in [1.165, 1.54) is 11.9 Å². The summed E-state index contributed by atoms with van der Waals surface area (Å²) in [5.74, 6) is -1.19. The molecule has 1 unspecified atom stereocenters. The first-order chi connectivity index (χ1) is 19.3. The molecule has 5 rings (SSSR count). The van der Waals surface area contributed by atoms with E-state index >= 15 is 0 Å². The molecule has 3 amide bonds. The van der Waals surface area contributed by atoms with Crippen molar-refractivity contribution in [1.82, 2.24) is 19.7 Å². The molecule has 2 saturated heterocycles. The van der Waals surface area contributed by atoms with Gasteiger partial charge in [0.05, 0.1) is 21.7 Å². The fraction of sp³-hybridized carbons (Fsp3) is 0.517. The summed E-state index contributed by atoms with van der Waals surface area (Å²) in [5.41, 5.74) is -0.789. The minimum atomic E-state index is -4.62. The van der Waals surface area contributed by atoms with Crippen molar-refractivity contribution >= 4 is 40.9 Å². The van der Waals surface area contributed by atoms with Gasteiger partial charge in [0.2, 0.25) is 11.8 Å². The Hall–Kier alpha value is -2.85. The van der Waals surface area contributed by atoms with Crippen LogP contribution in [0.1, 0.15) is 60.1 Å². The molecule has 12 heteroatoms. The Labute approximate surface area is 246 Å². The van der Waals surface area contributed by atoms with E-state index in [4.69, 9.17) is 23.2 Å². The second kappa shape index (κ2) is 11.1. The Bertz CT molecular complexity index is 1360. The van der Waals surface area contributed by atoms with Gasteiger partial charge >= 0.3 is 6.18 Å². The summed E-state index contributed by atoms with van der Waals surface area (Å²) in [7, 11) is 1.51. The maximum Gasteiger partial charge on any atom is 0.416 e. The quantitative estimate of drug-likeness (QED) is 0.447. The Morgan fingerprint density at radius 1 is 1.00 bits per heavy atom. The van der Waals surface area contributed by atoms with Crippen LogP contribution in [0.2, 0.25) is 10.0 Å². The molecule has 2 atom stereocenters. The molecular formula is C29H31Cl2F3N4O3. The minimum absolute atomic E-state index is 0.0552. The van der Waals surface area contributed by atoms with Gasteiger partial charge in [-0.2, -0.15) is 13.2 Å². The molecule has 1 aromatic heterocycles. The molecule has 0 radical (unpaired) electrons. The van der Waals surface area contributed by atoms with Gasteiger partial charge < -0.3 is 14.7 Å². The van der Waals surface area contributed by atoms with Crippen LogP contribution in [-0.2, 0) is 15.8 Å². The van der Waals surface area contributed by atoms with Crippen molar-refractivity contribution in [3.8, 4) is 0 Å². The van der Waals surface area contributed by atoms with Crippen LogP contribution in [0.25, 0.3) is 0 Å². The highest BCUT2D eigenvalue weighted by Crippen LogP contribution is 2.47. The smallest absolute Gasteiger partial charge is 0.342 e. The Kier molecular flexibility index (Phi) is 8.02. The van der Waals surface area contributed by atoms with Gasteiger partial charge in [0.15, 0.2) is 0 Å². The van der Waals surface area contributed by atoms with E-state index in [0.29, 0.717) is 42.5 Å². The second-order valence-corrected chi connectivity index (χ2v) is 12.4. The van der Waals surface area contributed by atoms with E-state index in [2.05, 4.69) is 4.98 Å². The lowest BCUT2D eigenvalue weighted by molar-refractivity contribution is -0.142. The Balaban J connectivity index is 1.35. The third kappa shape index (κ3) is 6.04. The van der Waals surface area contributed by atoms with Crippen molar-refractivity contribution in [1.29, 1.82) is 0 Å². The van der Waals surface area contributed by atoms with Crippen LogP contribution in [0.4, 0.5) is 13.2 Å². The van der Waals surface area contributed by atoms with E-state index in [1.807, 2.05) is 11.8 Å². The lowest BCUT2D eigenvalue weighted by atomic mass is 9.93. The van der Waals surface area contributed by atoms with E-state index in [9.17, 15) is 27.6 Å². The number of nitrogens with zero attached hydrogens (tertiary/aromatic N) is 4. The molecule has 0 N–H and O–H groups in total. The fourth-order valence-corrected chi connectivity index (χ4v) is 6.16. The first-order valence-corrected chi connectivity index (χ1v) is 14.4. The Morgan fingerprint density at radius 2 is 1.68 bits per heavy atom. The third-order valence-electron chi connectivity index (χ3n) is 8.74. The van der Waals surface area contributed by atoms with Crippen molar-refractivity contribution in [2.75, 3.05) is 33.2 Å². The van der Waals surface area contributed by atoms with Crippen LogP contribution in [-0.4, -0.2) is 76.7 Å². The molecular weight excluding hydrogens is 580 g/mol. The van der Waals surface area contributed by atoms with Crippen LogP contribution in [0.5, 0.6) is 0 Å². The molecule has 7 nitrogen and oxygen atoms in total. The summed E-state index contributed by atoms with van der Waals surface area (Å²) < 4.78 is 39.9. The zero-order chi connectivity index (χ0) is 29.7. The molecule has 1 saturated carbocycles. The topological polar surface area (TPSA) is 73.8 Å². The molecule has 41 heavy (non-hydrogen) atoms. The lowest BCUT2D eigenvalue weighted by Crippen LogP contribution is -2.46. The monoisotopic (exact) mass is 610 g/mol. The first kappa shape index (κ1) is 29.6. The average Bonchev–Trinajstić information content (AvgIpc) is 3.55. The summed E-state index contributed by atoms with van der Waals surface area (Å²) in [6.45, 7) is 3.52. The second-order valence-electron chi connectivity index (χ2n) is 11.6. The lowest BCUT2D eigenvalue weighted by Gasteiger charge is -2.34. The number of pyridine rings is 1. The highest BCUT2D eigenvalue weighted by molar-refractivity contribution is 6.42. The maximum atomic E-state index is 13.7. The summed E-state index contributed by atoms with van der Waals surface area (Å²) in [6.07, 6.45) is -0.737. The summed E-state index contributed by atoms with van der Waals surface area (Å²) in [4.78, 5) is 48.6. The number of alkyl halides is 3. The van der Waals surface area contributed by atoms with Gasteiger partial charge in [-0.05, 0) is 55.5 Å². The molecule has 1 aromatic carbocycles. The summed E-state index contributed by atoms with van der Waals surface area (Å²) >= 11 is 12.4. The van der Waals surface area contributed by atoms with Gasteiger partial charge in [-0.1, -0.05) is 36.2 Å². The first-order valence-electron chi connectivity index (χ1n) is 13.6.